The van der Waals surface area contributed by atoms with Crippen LogP contribution in [0.25, 0.3) is 0 Å². The van der Waals surface area contributed by atoms with Gasteiger partial charge in [-0.25, -0.2) is 4.98 Å². The van der Waals surface area contributed by atoms with E-state index in [1.165, 1.54) is 5.56 Å². The second kappa shape index (κ2) is 8.36. The number of hydrogen-bond donors (Lipinski definition) is 2. The van der Waals surface area contributed by atoms with Gasteiger partial charge in [-0.3, -0.25) is 4.79 Å². The highest BCUT2D eigenvalue weighted by atomic mass is 35.5. The maximum Gasteiger partial charge on any atom is 0.251 e. The Bertz CT molecular complexity index is 645. The van der Waals surface area contributed by atoms with Crippen LogP contribution in [-0.2, 0) is 12.8 Å². The smallest absolute Gasteiger partial charge is 0.251 e. The van der Waals surface area contributed by atoms with Crippen LogP contribution in [0.1, 0.15) is 26.6 Å². The molecule has 0 unspecified atom stereocenters. The number of anilines is 1. The number of aryl methyl sites for hydroxylation is 1. The van der Waals surface area contributed by atoms with Crippen molar-refractivity contribution in [3.63, 3.8) is 0 Å². The molecule has 0 bridgehead atoms. The van der Waals surface area contributed by atoms with Crippen LogP contribution < -0.4 is 10.6 Å². The molecular formula is C15H19Cl2N3OS. The highest BCUT2D eigenvalue weighted by Crippen LogP contribution is 2.22. The molecule has 0 fully saturated rings. The summed E-state index contributed by atoms with van der Waals surface area (Å²) in [6.45, 7) is 3.58. The van der Waals surface area contributed by atoms with E-state index in [9.17, 15) is 4.79 Å². The van der Waals surface area contributed by atoms with Crippen LogP contribution in [-0.4, -0.2) is 24.0 Å². The van der Waals surface area contributed by atoms with Crippen LogP contribution in [0, 0.1) is 6.92 Å². The Hall–Kier alpha value is -1.30. The van der Waals surface area contributed by atoms with E-state index in [2.05, 4.69) is 15.6 Å². The lowest BCUT2D eigenvalue weighted by molar-refractivity contribution is 0.0954. The molecule has 2 N–H and O–H groups in total. The quantitative estimate of drug-likeness (QED) is 0.880. The van der Waals surface area contributed by atoms with Gasteiger partial charge in [-0.05, 0) is 37.1 Å². The first-order valence-electron chi connectivity index (χ1n) is 6.78. The second-order valence-corrected chi connectivity index (χ2v) is 5.97. The molecule has 7 heteroatoms. The van der Waals surface area contributed by atoms with Gasteiger partial charge < -0.3 is 10.6 Å². The summed E-state index contributed by atoms with van der Waals surface area (Å²) in [5.74, 6) is -0.00773. The summed E-state index contributed by atoms with van der Waals surface area (Å²) in [7, 11) is 0. The van der Waals surface area contributed by atoms with Gasteiger partial charge in [0.05, 0.1) is 10.7 Å². The van der Waals surface area contributed by atoms with Crippen LogP contribution >= 0.6 is 36.2 Å². The second-order valence-electron chi connectivity index (χ2n) is 4.91. The van der Waals surface area contributed by atoms with Crippen molar-refractivity contribution in [2.75, 3.05) is 18.4 Å². The predicted molar refractivity (Wildman–Crippen MR) is 96.0 cm³/mol. The lowest BCUT2D eigenvalue weighted by Crippen LogP contribution is -2.25. The third kappa shape index (κ3) is 4.35. The zero-order chi connectivity index (χ0) is 13.9. The number of amides is 1. The van der Waals surface area contributed by atoms with Gasteiger partial charge in [0.2, 0.25) is 0 Å². The molecule has 0 saturated heterocycles. The van der Waals surface area contributed by atoms with Gasteiger partial charge in [-0.15, -0.1) is 36.2 Å². The molecule has 1 aliphatic heterocycles. The van der Waals surface area contributed by atoms with Crippen LogP contribution in [0.3, 0.4) is 0 Å². The summed E-state index contributed by atoms with van der Waals surface area (Å²) in [6, 6.07) is 5.85. The fourth-order valence-electron chi connectivity index (χ4n) is 2.38. The number of hydrogen-bond acceptors (Lipinski definition) is 4. The molecule has 1 aliphatic rings. The van der Waals surface area contributed by atoms with Crippen molar-refractivity contribution >= 4 is 47.7 Å². The van der Waals surface area contributed by atoms with Crippen LogP contribution in [0.2, 0.25) is 0 Å². The van der Waals surface area contributed by atoms with Crippen molar-refractivity contribution in [3.8, 4) is 0 Å². The fraction of sp³-hybridized carbons (Fsp3) is 0.333. The minimum Gasteiger partial charge on any atom is -0.384 e. The minimum absolute atomic E-state index is 0. The van der Waals surface area contributed by atoms with Gasteiger partial charge in [0.1, 0.15) is 0 Å². The molecule has 1 aromatic heterocycles. The summed E-state index contributed by atoms with van der Waals surface area (Å²) in [5, 5.41) is 9.36. The topological polar surface area (TPSA) is 54.0 Å². The molecule has 1 amide bonds. The third-order valence-electron chi connectivity index (χ3n) is 3.41. The monoisotopic (exact) mass is 359 g/mol. The molecule has 4 nitrogen and oxygen atoms in total. The first-order valence-corrected chi connectivity index (χ1v) is 7.66. The molecule has 3 rings (SSSR count). The van der Waals surface area contributed by atoms with Crippen LogP contribution in [0.15, 0.2) is 23.6 Å². The van der Waals surface area contributed by atoms with Gasteiger partial charge in [-0.2, -0.15) is 0 Å². The minimum atomic E-state index is -0.00773. The standard InChI is InChI=1S/C15H17N3OS.2ClH/c1-10-18-13(9-20-10)5-7-17-15(19)12-2-3-14-11(8-12)4-6-16-14;;/h2-3,8-9,16H,4-7H2,1H3,(H,17,19);2*1H. The maximum absolute atomic E-state index is 12.1. The number of carbonyl (C=O) groups is 1. The lowest BCUT2D eigenvalue weighted by Gasteiger charge is -2.06. The van der Waals surface area contributed by atoms with Gasteiger partial charge in [-0.1, -0.05) is 0 Å². The number of aromatic nitrogens is 1. The summed E-state index contributed by atoms with van der Waals surface area (Å²) >= 11 is 1.64. The zero-order valence-corrected chi connectivity index (χ0v) is 14.7. The SMILES string of the molecule is Cc1nc(CCNC(=O)c2ccc3c(c2)CCN3)cs1.Cl.Cl. The van der Waals surface area contributed by atoms with E-state index in [0.717, 1.165) is 41.3 Å². The van der Waals surface area contributed by atoms with Crippen LogP contribution in [0.5, 0.6) is 0 Å². The zero-order valence-electron chi connectivity index (χ0n) is 12.2. The molecule has 0 spiro atoms. The normalized spacial score (nSPS) is 11.7. The molecule has 120 valence electrons. The Morgan fingerprint density at radius 3 is 2.95 bits per heavy atom. The van der Waals surface area contributed by atoms with Gasteiger partial charge in [0.15, 0.2) is 0 Å². The molecule has 0 radical (unpaired) electrons. The summed E-state index contributed by atoms with van der Waals surface area (Å²) < 4.78 is 0. The molecular weight excluding hydrogens is 341 g/mol. The summed E-state index contributed by atoms with van der Waals surface area (Å²) in [5.41, 5.74) is 4.17. The Morgan fingerprint density at radius 1 is 1.41 bits per heavy atom. The number of halogens is 2. The van der Waals surface area contributed by atoms with E-state index in [-0.39, 0.29) is 30.7 Å². The summed E-state index contributed by atoms with van der Waals surface area (Å²) in [4.78, 5) is 16.5. The predicted octanol–water partition coefficient (Wildman–Crippen LogP) is 3.24. The number of nitrogens with one attached hydrogen (secondary N) is 2. The molecule has 1 aromatic carbocycles. The fourth-order valence-corrected chi connectivity index (χ4v) is 3.02. The average molecular weight is 360 g/mol. The first-order chi connectivity index (χ1) is 9.72. The average Bonchev–Trinajstić information content (AvgIpc) is 3.06. The van der Waals surface area contributed by atoms with Crippen molar-refractivity contribution in [3.05, 3.63) is 45.4 Å². The molecule has 2 aromatic rings. The molecule has 2 heterocycles. The van der Waals surface area contributed by atoms with E-state index in [0.29, 0.717) is 6.54 Å². The maximum atomic E-state index is 12.1. The number of fused-ring (bicyclic) bond motifs is 1. The van der Waals surface area contributed by atoms with E-state index in [1.807, 2.05) is 30.5 Å². The Morgan fingerprint density at radius 2 is 2.23 bits per heavy atom. The van der Waals surface area contributed by atoms with Crippen molar-refractivity contribution in [1.82, 2.24) is 10.3 Å². The van der Waals surface area contributed by atoms with Crippen LogP contribution in [0.4, 0.5) is 5.69 Å². The number of benzene rings is 1. The van der Waals surface area contributed by atoms with Gasteiger partial charge in [0.25, 0.3) is 5.91 Å². The Labute approximate surface area is 146 Å². The largest absolute Gasteiger partial charge is 0.384 e. The number of rotatable bonds is 4. The molecule has 0 saturated carbocycles. The number of carbonyl (C=O) groups excluding carboxylic acids is 1. The number of thiazole rings is 1. The highest BCUT2D eigenvalue weighted by molar-refractivity contribution is 7.09. The van der Waals surface area contributed by atoms with Crippen molar-refractivity contribution < 1.29 is 4.79 Å². The first kappa shape index (κ1) is 18.7. The van der Waals surface area contributed by atoms with Crippen molar-refractivity contribution in [2.24, 2.45) is 0 Å². The lowest BCUT2D eigenvalue weighted by atomic mass is 10.1. The highest BCUT2D eigenvalue weighted by Gasteiger charge is 2.13. The van der Waals surface area contributed by atoms with E-state index < -0.39 is 0 Å². The van der Waals surface area contributed by atoms with E-state index in [4.69, 9.17) is 0 Å². The van der Waals surface area contributed by atoms with E-state index >= 15 is 0 Å². The van der Waals surface area contributed by atoms with Gasteiger partial charge >= 0.3 is 0 Å². The van der Waals surface area contributed by atoms with Gasteiger partial charge in [0, 0.05) is 36.1 Å². The third-order valence-corrected chi connectivity index (χ3v) is 4.23. The summed E-state index contributed by atoms with van der Waals surface area (Å²) in [6.07, 6.45) is 1.77. The number of nitrogens with zero attached hydrogens (tertiary/aromatic N) is 1. The van der Waals surface area contributed by atoms with Crippen molar-refractivity contribution in [1.29, 1.82) is 0 Å². The molecule has 22 heavy (non-hydrogen) atoms. The molecule has 0 atom stereocenters. The van der Waals surface area contributed by atoms with E-state index in [1.54, 1.807) is 11.3 Å². The van der Waals surface area contributed by atoms with Crippen molar-refractivity contribution in [2.45, 2.75) is 19.8 Å². The Kier molecular flexibility index (Phi) is 7.13. The Balaban J connectivity index is 0.00000121. The molecule has 0 aliphatic carbocycles.